The quantitative estimate of drug-likeness (QED) is 0.0211. The van der Waals surface area contributed by atoms with Gasteiger partial charge in [-0.1, -0.05) is 334 Å². The molecule has 0 rings (SSSR count). The fourth-order valence-corrected chi connectivity index (χ4v) is 11.5. The first-order valence-corrected chi connectivity index (χ1v) is 37.1. The molecule has 480 valence electrons. The molecule has 2 atom stereocenters. The van der Waals surface area contributed by atoms with Crippen LogP contribution >= 0.6 is 7.82 Å². The van der Waals surface area contributed by atoms with Crippen LogP contribution in [0.15, 0.2) is 24.3 Å². The summed E-state index contributed by atoms with van der Waals surface area (Å²) in [6.45, 7) is 4.50. The minimum absolute atomic E-state index is 0.0355. The Hall–Kier alpha value is -1.51. The number of ether oxygens (including phenoxy) is 2. The van der Waals surface area contributed by atoms with E-state index >= 15 is 0 Å². The molecule has 9 nitrogen and oxygen atoms in total. The van der Waals surface area contributed by atoms with E-state index in [9.17, 15) is 19.0 Å². The highest BCUT2D eigenvalue weighted by molar-refractivity contribution is 7.47. The zero-order valence-electron chi connectivity index (χ0n) is 54.8. The molecular weight excluding hydrogens is 1030 g/mol. The lowest BCUT2D eigenvalue weighted by atomic mass is 10.0. The van der Waals surface area contributed by atoms with Crippen LogP contribution in [0.1, 0.15) is 367 Å². The second-order valence-electron chi connectivity index (χ2n) is 25.6. The van der Waals surface area contributed by atoms with Crippen LogP contribution in [-0.4, -0.2) is 74.9 Å². The number of hydrogen-bond donors (Lipinski definition) is 1. The van der Waals surface area contributed by atoms with Gasteiger partial charge in [-0.05, 0) is 44.9 Å². The maximum atomic E-state index is 12.9. The maximum Gasteiger partial charge on any atom is 0.472 e. The van der Waals surface area contributed by atoms with Crippen molar-refractivity contribution in [3.63, 3.8) is 0 Å². The Morgan fingerprint density at radius 2 is 0.667 bits per heavy atom. The second-order valence-corrected chi connectivity index (χ2v) is 27.1. The Morgan fingerprint density at radius 1 is 0.383 bits per heavy atom. The van der Waals surface area contributed by atoms with Crippen molar-refractivity contribution in [2.45, 2.75) is 373 Å². The van der Waals surface area contributed by atoms with Gasteiger partial charge in [0, 0.05) is 12.8 Å². The third kappa shape index (κ3) is 67.5. The minimum Gasteiger partial charge on any atom is -0.462 e. The van der Waals surface area contributed by atoms with E-state index in [1.807, 2.05) is 21.1 Å². The molecule has 1 N–H and O–H groups in total. The van der Waals surface area contributed by atoms with Crippen molar-refractivity contribution in [1.82, 2.24) is 0 Å². The molecule has 0 saturated carbocycles. The number of hydrogen-bond acceptors (Lipinski definition) is 7. The van der Waals surface area contributed by atoms with Gasteiger partial charge in [0.2, 0.25) is 0 Å². The van der Waals surface area contributed by atoms with Gasteiger partial charge >= 0.3 is 19.8 Å². The summed E-state index contributed by atoms with van der Waals surface area (Å²) in [5, 5.41) is 0. The van der Waals surface area contributed by atoms with Gasteiger partial charge in [0.15, 0.2) is 6.10 Å². The van der Waals surface area contributed by atoms with E-state index in [1.165, 1.54) is 295 Å². The molecule has 10 heteroatoms. The summed E-state index contributed by atoms with van der Waals surface area (Å²) < 4.78 is 34.8. The van der Waals surface area contributed by atoms with Gasteiger partial charge in [-0.2, -0.15) is 0 Å². The molecule has 0 spiro atoms. The molecule has 0 aromatic carbocycles. The highest BCUT2D eigenvalue weighted by atomic mass is 31.2. The van der Waals surface area contributed by atoms with E-state index in [4.69, 9.17) is 18.5 Å². The number of phosphoric acid groups is 1. The molecule has 0 aromatic rings. The largest absolute Gasteiger partial charge is 0.472 e. The Balaban J connectivity index is 3.99. The smallest absolute Gasteiger partial charge is 0.462 e. The van der Waals surface area contributed by atoms with Gasteiger partial charge in [-0.3, -0.25) is 18.6 Å². The van der Waals surface area contributed by atoms with E-state index in [0.717, 1.165) is 38.5 Å². The van der Waals surface area contributed by atoms with Crippen molar-refractivity contribution in [3.05, 3.63) is 24.3 Å². The summed E-state index contributed by atoms with van der Waals surface area (Å²) in [5.41, 5.74) is 0. The first kappa shape index (κ1) is 79.5. The highest BCUT2D eigenvalue weighted by Crippen LogP contribution is 2.43. The molecular formula is C71H139NO8P+. The number of likely N-dealkylation sites (N-methyl/N-ethyl adjacent to an activating group) is 1. The van der Waals surface area contributed by atoms with Gasteiger partial charge in [0.05, 0.1) is 27.7 Å². The molecule has 0 aliphatic carbocycles. The van der Waals surface area contributed by atoms with Crippen molar-refractivity contribution >= 4 is 19.8 Å². The van der Waals surface area contributed by atoms with Crippen LogP contribution in [-0.2, 0) is 32.7 Å². The molecule has 0 fully saturated rings. The molecule has 0 aliphatic heterocycles. The van der Waals surface area contributed by atoms with Crippen molar-refractivity contribution in [3.8, 4) is 0 Å². The van der Waals surface area contributed by atoms with Crippen LogP contribution in [0.5, 0.6) is 0 Å². The summed E-state index contributed by atoms with van der Waals surface area (Å²) in [6, 6.07) is 0. The molecule has 81 heavy (non-hydrogen) atoms. The zero-order chi connectivity index (χ0) is 59.1. The standard InChI is InChI=1S/C71H138NO8P/c1-6-8-10-12-14-16-18-20-22-24-26-28-30-32-34-36-38-40-42-44-46-48-50-52-54-56-58-60-62-64-71(74)80-69(68-79-81(75,76)78-66-65-72(3,4)5)67-77-70(73)63-61-59-57-55-53-51-49-47-45-43-41-39-37-35-33-31-29-27-25-23-21-19-17-15-13-11-9-7-2/h18,20,24,26,69H,6-17,19,21-23,25,27-68H2,1-5H3/p+1/b20-18-,26-24-. The molecule has 0 aliphatic rings. The number of carbonyl (C=O) groups excluding carboxylic acids is 2. The van der Waals surface area contributed by atoms with Gasteiger partial charge in [-0.25, -0.2) is 4.57 Å². The number of esters is 2. The molecule has 0 bridgehead atoms. The first-order chi connectivity index (χ1) is 39.5. The molecule has 0 aromatic heterocycles. The van der Waals surface area contributed by atoms with Gasteiger partial charge in [0.1, 0.15) is 19.8 Å². The van der Waals surface area contributed by atoms with Crippen molar-refractivity contribution in [2.75, 3.05) is 47.5 Å². The van der Waals surface area contributed by atoms with Crippen molar-refractivity contribution in [1.29, 1.82) is 0 Å². The molecule has 0 heterocycles. The third-order valence-electron chi connectivity index (χ3n) is 16.2. The minimum atomic E-state index is -4.39. The Kier molecular flexibility index (Phi) is 61.8. The summed E-state index contributed by atoms with van der Waals surface area (Å²) in [6.07, 6.45) is 78.6. The van der Waals surface area contributed by atoms with E-state index in [1.54, 1.807) is 0 Å². The number of allylic oxidation sites excluding steroid dienone is 4. The predicted octanol–water partition coefficient (Wildman–Crippen LogP) is 22.9. The summed E-state index contributed by atoms with van der Waals surface area (Å²) in [4.78, 5) is 35.9. The fraction of sp³-hybridized carbons (Fsp3) is 0.915. The summed E-state index contributed by atoms with van der Waals surface area (Å²) >= 11 is 0. The van der Waals surface area contributed by atoms with Crippen LogP contribution in [0.25, 0.3) is 0 Å². The maximum absolute atomic E-state index is 12.9. The predicted molar refractivity (Wildman–Crippen MR) is 349 cm³/mol. The van der Waals surface area contributed by atoms with Crippen LogP contribution in [0.3, 0.4) is 0 Å². The van der Waals surface area contributed by atoms with E-state index in [0.29, 0.717) is 23.9 Å². The Bertz CT molecular complexity index is 1420. The highest BCUT2D eigenvalue weighted by Gasteiger charge is 2.27. The second kappa shape index (κ2) is 63.0. The number of phosphoric ester groups is 1. The third-order valence-corrected chi connectivity index (χ3v) is 17.2. The zero-order valence-corrected chi connectivity index (χ0v) is 55.7. The van der Waals surface area contributed by atoms with E-state index in [2.05, 4.69) is 38.2 Å². The topological polar surface area (TPSA) is 108 Å². The number of quaternary nitrogens is 1. The number of carbonyl (C=O) groups is 2. The van der Waals surface area contributed by atoms with E-state index in [-0.39, 0.29) is 25.6 Å². The van der Waals surface area contributed by atoms with Gasteiger partial charge in [0.25, 0.3) is 0 Å². The average Bonchev–Trinajstić information content (AvgIpc) is 3.43. The lowest BCUT2D eigenvalue weighted by molar-refractivity contribution is -0.870. The first-order valence-electron chi connectivity index (χ1n) is 35.6. The summed E-state index contributed by atoms with van der Waals surface area (Å²) in [7, 11) is 1.50. The van der Waals surface area contributed by atoms with Crippen LogP contribution in [0.4, 0.5) is 0 Å². The monoisotopic (exact) mass is 1170 g/mol. The Labute approximate surface area is 504 Å². The van der Waals surface area contributed by atoms with Crippen LogP contribution in [0, 0.1) is 0 Å². The van der Waals surface area contributed by atoms with Gasteiger partial charge < -0.3 is 18.9 Å². The molecule has 0 amide bonds. The van der Waals surface area contributed by atoms with Crippen LogP contribution < -0.4 is 0 Å². The van der Waals surface area contributed by atoms with Crippen LogP contribution in [0.2, 0.25) is 0 Å². The van der Waals surface area contributed by atoms with E-state index < -0.39 is 26.5 Å². The molecule has 2 unspecified atom stereocenters. The lowest BCUT2D eigenvalue weighted by Crippen LogP contribution is -2.37. The summed E-state index contributed by atoms with van der Waals surface area (Å²) in [5.74, 6) is -0.773. The molecule has 0 radical (unpaired) electrons. The number of rotatable bonds is 67. The van der Waals surface area contributed by atoms with Crippen molar-refractivity contribution in [2.24, 2.45) is 0 Å². The van der Waals surface area contributed by atoms with Gasteiger partial charge in [-0.15, -0.1) is 0 Å². The number of nitrogens with zero attached hydrogens (tertiary/aromatic N) is 1. The fourth-order valence-electron chi connectivity index (χ4n) is 10.8. The normalized spacial score (nSPS) is 13.2. The average molecular weight is 1170 g/mol. The SMILES string of the molecule is CCCCCCC/C=C\C/C=C\CCCCCCCCCCCCCCCCCCCC(=O)OC(COC(=O)CCCCCCCCCCCCCCCCCCCCCCCCCCCCCC)COP(=O)(O)OCC[N+](C)(C)C. The Morgan fingerprint density at radius 3 is 0.975 bits per heavy atom. The number of unbranched alkanes of at least 4 members (excludes halogenated alkanes) is 49. The van der Waals surface area contributed by atoms with Crippen molar-refractivity contribution < 1.29 is 42.1 Å². The molecule has 0 saturated heterocycles. The lowest BCUT2D eigenvalue weighted by Gasteiger charge is -2.24.